The average molecular weight is 314 g/mol. The van der Waals surface area contributed by atoms with Gasteiger partial charge in [-0.15, -0.1) is 0 Å². The van der Waals surface area contributed by atoms with Crippen LogP contribution in [0.4, 0.5) is 0 Å². The SMILES string of the molecule is CCC(=O)N1C[C@@H](O)COC[C@@H]2O[C@H](CC(=O)NC)CC[C@H]21. The maximum atomic E-state index is 12.2. The molecular weight excluding hydrogens is 288 g/mol. The smallest absolute Gasteiger partial charge is 0.222 e. The molecule has 0 aromatic rings. The van der Waals surface area contributed by atoms with Crippen molar-refractivity contribution in [2.45, 2.75) is 57.0 Å². The van der Waals surface area contributed by atoms with Crippen LogP contribution in [0.25, 0.3) is 0 Å². The standard InChI is InChI=1S/C15H26N2O5/c1-3-15(20)17-7-10(18)8-21-9-13-12(17)5-4-11(22-13)6-14(19)16-2/h10-13,18H,3-9H2,1-2H3,(H,16,19)/t10-,11+,12-,13+/m1/s1. The molecule has 2 fully saturated rings. The Morgan fingerprint density at radius 1 is 1.32 bits per heavy atom. The zero-order valence-electron chi connectivity index (χ0n) is 13.3. The molecule has 0 bridgehead atoms. The fourth-order valence-electron chi connectivity index (χ4n) is 3.14. The predicted molar refractivity (Wildman–Crippen MR) is 79.2 cm³/mol. The summed E-state index contributed by atoms with van der Waals surface area (Å²) < 4.78 is 11.5. The minimum atomic E-state index is -0.667. The Kier molecular flexibility index (Phi) is 6.16. The lowest BCUT2D eigenvalue weighted by Crippen LogP contribution is -2.57. The van der Waals surface area contributed by atoms with E-state index in [1.165, 1.54) is 0 Å². The number of hydrogen-bond donors (Lipinski definition) is 2. The number of aliphatic hydroxyl groups excluding tert-OH is 1. The zero-order chi connectivity index (χ0) is 16.1. The van der Waals surface area contributed by atoms with Crippen LogP contribution < -0.4 is 5.32 Å². The summed E-state index contributed by atoms with van der Waals surface area (Å²) in [6, 6.07) is -0.0941. The van der Waals surface area contributed by atoms with Crippen LogP contribution in [-0.4, -0.2) is 73.0 Å². The number of carbonyl (C=O) groups excluding carboxylic acids is 2. The van der Waals surface area contributed by atoms with Gasteiger partial charge in [0.05, 0.1) is 37.9 Å². The molecule has 2 rings (SSSR count). The van der Waals surface area contributed by atoms with Crippen LogP contribution in [0.5, 0.6) is 0 Å². The van der Waals surface area contributed by atoms with Gasteiger partial charge < -0.3 is 24.8 Å². The first-order valence-electron chi connectivity index (χ1n) is 7.96. The quantitative estimate of drug-likeness (QED) is 0.745. The van der Waals surface area contributed by atoms with Crippen molar-refractivity contribution in [3.63, 3.8) is 0 Å². The Hall–Kier alpha value is -1.18. The van der Waals surface area contributed by atoms with Crippen LogP contribution in [0.1, 0.15) is 32.6 Å². The zero-order valence-corrected chi connectivity index (χ0v) is 13.3. The number of rotatable bonds is 3. The topological polar surface area (TPSA) is 88.1 Å². The highest BCUT2D eigenvalue weighted by molar-refractivity contribution is 5.76. The second kappa shape index (κ2) is 7.89. The van der Waals surface area contributed by atoms with E-state index in [1.54, 1.807) is 11.9 Å². The number of nitrogens with one attached hydrogen (secondary N) is 1. The molecule has 2 heterocycles. The summed E-state index contributed by atoms with van der Waals surface area (Å²) in [5.41, 5.74) is 0. The lowest BCUT2D eigenvalue weighted by atomic mass is 9.94. The number of aliphatic hydroxyl groups is 1. The van der Waals surface area contributed by atoms with E-state index >= 15 is 0 Å². The van der Waals surface area contributed by atoms with Crippen molar-refractivity contribution in [2.24, 2.45) is 0 Å². The Balaban J connectivity index is 2.06. The van der Waals surface area contributed by atoms with Gasteiger partial charge in [-0.3, -0.25) is 9.59 Å². The van der Waals surface area contributed by atoms with Gasteiger partial charge in [-0.25, -0.2) is 0 Å². The van der Waals surface area contributed by atoms with Gasteiger partial charge in [0.15, 0.2) is 0 Å². The van der Waals surface area contributed by atoms with Crippen molar-refractivity contribution in [1.29, 1.82) is 0 Å². The van der Waals surface area contributed by atoms with Gasteiger partial charge in [0, 0.05) is 20.0 Å². The molecule has 2 saturated heterocycles. The van der Waals surface area contributed by atoms with E-state index in [0.717, 1.165) is 12.8 Å². The van der Waals surface area contributed by atoms with Gasteiger partial charge in [-0.1, -0.05) is 6.92 Å². The number of ether oxygens (including phenoxy) is 2. The molecule has 7 nitrogen and oxygen atoms in total. The summed E-state index contributed by atoms with van der Waals surface area (Å²) in [5, 5.41) is 12.5. The lowest BCUT2D eigenvalue weighted by molar-refractivity contribution is -0.169. The molecule has 4 atom stereocenters. The second-order valence-electron chi connectivity index (χ2n) is 5.91. The van der Waals surface area contributed by atoms with Gasteiger partial charge in [-0.2, -0.15) is 0 Å². The van der Waals surface area contributed by atoms with E-state index in [1.807, 2.05) is 6.92 Å². The van der Waals surface area contributed by atoms with Crippen molar-refractivity contribution < 1.29 is 24.2 Å². The second-order valence-corrected chi connectivity index (χ2v) is 5.91. The molecule has 2 N–H and O–H groups in total. The molecule has 2 aliphatic rings. The van der Waals surface area contributed by atoms with Crippen molar-refractivity contribution in [1.82, 2.24) is 10.2 Å². The maximum Gasteiger partial charge on any atom is 0.222 e. The summed E-state index contributed by atoms with van der Waals surface area (Å²) in [6.07, 6.45) is 1.15. The molecule has 0 aromatic heterocycles. The van der Waals surface area contributed by atoms with E-state index in [0.29, 0.717) is 19.4 Å². The fourth-order valence-corrected chi connectivity index (χ4v) is 3.14. The number of amides is 2. The molecule has 2 aliphatic heterocycles. The summed E-state index contributed by atoms with van der Waals surface area (Å²) in [6.45, 7) is 2.62. The first-order valence-corrected chi connectivity index (χ1v) is 7.96. The van der Waals surface area contributed by atoms with Crippen molar-refractivity contribution in [3.8, 4) is 0 Å². The molecule has 0 aromatic carbocycles. The molecule has 0 spiro atoms. The van der Waals surface area contributed by atoms with Crippen LogP contribution in [0.15, 0.2) is 0 Å². The van der Waals surface area contributed by atoms with Crippen LogP contribution in [-0.2, 0) is 19.1 Å². The number of fused-ring (bicyclic) bond motifs is 1. The molecular formula is C15H26N2O5. The highest BCUT2D eigenvalue weighted by Gasteiger charge is 2.39. The molecule has 7 heteroatoms. The minimum absolute atomic E-state index is 0.0179. The molecule has 0 saturated carbocycles. The largest absolute Gasteiger partial charge is 0.389 e. The minimum Gasteiger partial charge on any atom is -0.389 e. The van der Waals surface area contributed by atoms with E-state index in [-0.39, 0.29) is 43.2 Å². The molecule has 0 aliphatic carbocycles. The highest BCUT2D eigenvalue weighted by Crippen LogP contribution is 2.28. The van der Waals surface area contributed by atoms with Crippen LogP contribution in [0.3, 0.4) is 0 Å². The molecule has 0 radical (unpaired) electrons. The van der Waals surface area contributed by atoms with E-state index in [9.17, 15) is 14.7 Å². The van der Waals surface area contributed by atoms with E-state index < -0.39 is 6.10 Å². The average Bonchev–Trinajstić information content (AvgIpc) is 2.50. The maximum absolute atomic E-state index is 12.2. The molecule has 0 unspecified atom stereocenters. The first kappa shape index (κ1) is 17.2. The van der Waals surface area contributed by atoms with Crippen LogP contribution >= 0.6 is 0 Å². The van der Waals surface area contributed by atoms with Crippen molar-refractivity contribution in [2.75, 3.05) is 26.8 Å². The van der Waals surface area contributed by atoms with Gasteiger partial charge in [0.1, 0.15) is 6.10 Å². The van der Waals surface area contributed by atoms with Gasteiger partial charge >= 0.3 is 0 Å². The Labute approximate surface area is 130 Å². The van der Waals surface area contributed by atoms with Gasteiger partial charge in [0.2, 0.25) is 11.8 Å². The summed E-state index contributed by atoms with van der Waals surface area (Å²) in [4.78, 5) is 25.4. The first-order chi connectivity index (χ1) is 10.5. The summed E-state index contributed by atoms with van der Waals surface area (Å²) in [5.74, 6) is -0.0311. The van der Waals surface area contributed by atoms with E-state index in [2.05, 4.69) is 5.32 Å². The molecule has 126 valence electrons. The van der Waals surface area contributed by atoms with Crippen molar-refractivity contribution in [3.05, 3.63) is 0 Å². The van der Waals surface area contributed by atoms with Crippen LogP contribution in [0, 0.1) is 0 Å². The number of hydrogen-bond acceptors (Lipinski definition) is 5. The highest BCUT2D eigenvalue weighted by atomic mass is 16.5. The summed E-state index contributed by atoms with van der Waals surface area (Å²) in [7, 11) is 1.61. The predicted octanol–water partition coefficient (Wildman–Crippen LogP) is -0.332. The van der Waals surface area contributed by atoms with Gasteiger partial charge in [0.25, 0.3) is 0 Å². The normalized spacial score (nSPS) is 32.6. The van der Waals surface area contributed by atoms with Crippen LogP contribution in [0.2, 0.25) is 0 Å². The number of nitrogens with zero attached hydrogens (tertiary/aromatic N) is 1. The summed E-state index contributed by atoms with van der Waals surface area (Å²) >= 11 is 0. The third kappa shape index (κ3) is 4.18. The Morgan fingerprint density at radius 3 is 2.77 bits per heavy atom. The third-order valence-corrected chi connectivity index (χ3v) is 4.30. The van der Waals surface area contributed by atoms with Crippen molar-refractivity contribution >= 4 is 11.8 Å². The molecule has 2 amide bonds. The lowest BCUT2D eigenvalue weighted by Gasteiger charge is -2.44. The Morgan fingerprint density at radius 2 is 2.09 bits per heavy atom. The fraction of sp³-hybridized carbons (Fsp3) is 0.867. The number of β-amino-alcohol motifs (C(OH)–C–C–N with tert-alkyl or cyclic N) is 1. The van der Waals surface area contributed by atoms with Gasteiger partial charge in [-0.05, 0) is 12.8 Å². The molecule has 22 heavy (non-hydrogen) atoms. The monoisotopic (exact) mass is 314 g/mol. The third-order valence-electron chi connectivity index (χ3n) is 4.30. The number of carbonyl (C=O) groups is 2. The Bertz CT molecular complexity index is 403. The van der Waals surface area contributed by atoms with E-state index in [4.69, 9.17) is 9.47 Å².